The van der Waals surface area contributed by atoms with E-state index in [2.05, 4.69) is 10.4 Å². The van der Waals surface area contributed by atoms with Gasteiger partial charge in [-0.1, -0.05) is 60.7 Å². The van der Waals surface area contributed by atoms with Crippen molar-refractivity contribution in [3.63, 3.8) is 0 Å². The van der Waals surface area contributed by atoms with E-state index in [0.29, 0.717) is 18.9 Å². The van der Waals surface area contributed by atoms with E-state index < -0.39 is 0 Å². The number of amides is 2. The molecule has 0 aliphatic carbocycles. The fourth-order valence-electron chi connectivity index (χ4n) is 2.62. The summed E-state index contributed by atoms with van der Waals surface area (Å²) in [5, 5.41) is 7.20. The van der Waals surface area contributed by atoms with Crippen molar-refractivity contribution in [1.82, 2.24) is 14.7 Å². The van der Waals surface area contributed by atoms with Crippen molar-refractivity contribution in [1.29, 1.82) is 0 Å². The number of aromatic nitrogens is 2. The maximum atomic E-state index is 12.8. The molecule has 2 amide bonds. The van der Waals surface area contributed by atoms with Crippen LogP contribution in [-0.4, -0.2) is 20.7 Å². The number of carbonyl (C=O) groups is 1. The van der Waals surface area contributed by atoms with Crippen LogP contribution in [0.4, 0.5) is 10.6 Å². The molecule has 2 aromatic carbocycles. The number of hydrogen-bond donors (Lipinski definition) is 1. The molecule has 0 saturated carbocycles. The SMILES string of the molecule is Cc1cc(NC(=O)N(Cc2ccccc2)Cc2ccccc2)nn1C. The van der Waals surface area contributed by atoms with Gasteiger partial charge < -0.3 is 4.90 Å². The Labute approximate surface area is 147 Å². The van der Waals surface area contributed by atoms with Gasteiger partial charge in [0, 0.05) is 31.9 Å². The molecule has 128 valence electrons. The summed E-state index contributed by atoms with van der Waals surface area (Å²) in [5.74, 6) is 0.566. The molecule has 5 heteroatoms. The number of benzene rings is 2. The van der Waals surface area contributed by atoms with Crippen molar-refractivity contribution in [2.45, 2.75) is 20.0 Å². The summed E-state index contributed by atoms with van der Waals surface area (Å²) in [4.78, 5) is 14.6. The fraction of sp³-hybridized carbons (Fsp3) is 0.200. The Morgan fingerprint density at radius 2 is 1.52 bits per heavy atom. The van der Waals surface area contributed by atoms with Crippen LogP contribution in [0.25, 0.3) is 0 Å². The molecule has 0 spiro atoms. The predicted molar refractivity (Wildman–Crippen MR) is 99.1 cm³/mol. The third-order valence-corrected chi connectivity index (χ3v) is 4.07. The Morgan fingerprint density at radius 3 is 1.96 bits per heavy atom. The zero-order valence-electron chi connectivity index (χ0n) is 14.5. The van der Waals surface area contributed by atoms with Crippen LogP contribution in [0.3, 0.4) is 0 Å². The lowest BCUT2D eigenvalue weighted by Gasteiger charge is -2.23. The van der Waals surface area contributed by atoms with Crippen molar-refractivity contribution in [2.24, 2.45) is 7.05 Å². The van der Waals surface area contributed by atoms with Gasteiger partial charge in [0.2, 0.25) is 0 Å². The number of nitrogens with one attached hydrogen (secondary N) is 1. The van der Waals surface area contributed by atoms with Gasteiger partial charge in [-0.05, 0) is 18.1 Å². The molecule has 1 N–H and O–H groups in total. The van der Waals surface area contributed by atoms with Gasteiger partial charge in [-0.3, -0.25) is 10.00 Å². The lowest BCUT2D eigenvalue weighted by Crippen LogP contribution is -2.34. The van der Waals surface area contributed by atoms with Gasteiger partial charge in [0.25, 0.3) is 0 Å². The van der Waals surface area contributed by atoms with Crippen LogP contribution in [0.5, 0.6) is 0 Å². The second kappa shape index (κ2) is 7.66. The Hall–Kier alpha value is -3.08. The third-order valence-electron chi connectivity index (χ3n) is 4.07. The van der Waals surface area contributed by atoms with Gasteiger partial charge in [-0.15, -0.1) is 0 Å². The highest BCUT2D eigenvalue weighted by Gasteiger charge is 2.16. The molecule has 0 radical (unpaired) electrons. The number of hydrogen-bond acceptors (Lipinski definition) is 2. The van der Waals surface area contributed by atoms with E-state index in [0.717, 1.165) is 16.8 Å². The van der Waals surface area contributed by atoms with Crippen molar-refractivity contribution < 1.29 is 4.79 Å². The van der Waals surface area contributed by atoms with Gasteiger partial charge in [0.15, 0.2) is 5.82 Å². The quantitative estimate of drug-likeness (QED) is 0.768. The molecule has 5 nitrogen and oxygen atoms in total. The monoisotopic (exact) mass is 334 g/mol. The predicted octanol–water partition coefficient (Wildman–Crippen LogP) is 3.96. The van der Waals surface area contributed by atoms with Crippen LogP contribution in [0.1, 0.15) is 16.8 Å². The molecule has 0 aliphatic rings. The highest BCUT2D eigenvalue weighted by molar-refractivity contribution is 5.88. The largest absolute Gasteiger partial charge is 0.323 e. The maximum absolute atomic E-state index is 12.8. The molecule has 0 aliphatic heterocycles. The number of carbonyl (C=O) groups excluding carboxylic acids is 1. The topological polar surface area (TPSA) is 50.2 Å². The molecule has 25 heavy (non-hydrogen) atoms. The highest BCUT2D eigenvalue weighted by atomic mass is 16.2. The van der Waals surface area contributed by atoms with Gasteiger partial charge in [-0.2, -0.15) is 5.10 Å². The van der Waals surface area contributed by atoms with E-state index in [9.17, 15) is 4.79 Å². The summed E-state index contributed by atoms with van der Waals surface area (Å²) in [7, 11) is 1.86. The second-order valence-corrected chi connectivity index (χ2v) is 6.05. The van der Waals surface area contributed by atoms with E-state index in [1.54, 1.807) is 9.58 Å². The Morgan fingerprint density at radius 1 is 1.00 bits per heavy atom. The minimum atomic E-state index is -0.161. The van der Waals surface area contributed by atoms with Crippen LogP contribution in [0.15, 0.2) is 66.7 Å². The second-order valence-electron chi connectivity index (χ2n) is 6.05. The highest BCUT2D eigenvalue weighted by Crippen LogP contribution is 2.13. The van der Waals surface area contributed by atoms with E-state index in [-0.39, 0.29) is 6.03 Å². The van der Waals surface area contributed by atoms with Crippen LogP contribution >= 0.6 is 0 Å². The lowest BCUT2D eigenvalue weighted by atomic mass is 10.2. The van der Waals surface area contributed by atoms with Gasteiger partial charge in [-0.25, -0.2) is 4.79 Å². The summed E-state index contributed by atoms with van der Waals surface area (Å²) >= 11 is 0. The average Bonchev–Trinajstić information content (AvgIpc) is 2.93. The minimum Gasteiger partial charge on any atom is -0.316 e. The molecule has 0 fully saturated rings. The van der Waals surface area contributed by atoms with E-state index in [1.165, 1.54) is 0 Å². The molecule has 0 saturated heterocycles. The zero-order valence-corrected chi connectivity index (χ0v) is 14.5. The molecule has 0 atom stereocenters. The van der Waals surface area contributed by atoms with Crippen LogP contribution in [0, 0.1) is 6.92 Å². The number of nitrogens with zero attached hydrogens (tertiary/aromatic N) is 3. The summed E-state index contributed by atoms with van der Waals surface area (Å²) in [5.41, 5.74) is 3.17. The van der Waals surface area contributed by atoms with Crippen molar-refractivity contribution in [2.75, 3.05) is 5.32 Å². The first kappa shape index (κ1) is 16.8. The summed E-state index contributed by atoms with van der Waals surface area (Å²) in [6.07, 6.45) is 0. The third kappa shape index (κ3) is 4.47. The number of rotatable bonds is 5. The van der Waals surface area contributed by atoms with Crippen molar-refractivity contribution >= 4 is 11.8 Å². The first-order valence-corrected chi connectivity index (χ1v) is 8.26. The summed E-state index contributed by atoms with van der Waals surface area (Å²) < 4.78 is 1.74. The van der Waals surface area contributed by atoms with Crippen LogP contribution < -0.4 is 5.32 Å². The molecule has 0 bridgehead atoms. The first-order chi connectivity index (χ1) is 12.1. The molecule has 0 unspecified atom stereocenters. The van der Waals surface area contributed by atoms with Crippen molar-refractivity contribution in [3.05, 3.63) is 83.6 Å². The molecule has 3 rings (SSSR count). The molecular weight excluding hydrogens is 312 g/mol. The molecule has 3 aromatic rings. The number of anilines is 1. The minimum absolute atomic E-state index is 0.161. The number of urea groups is 1. The Balaban J connectivity index is 1.77. The van der Waals surface area contributed by atoms with E-state index in [4.69, 9.17) is 0 Å². The molecule has 1 aromatic heterocycles. The Kier molecular flexibility index (Phi) is 5.14. The van der Waals surface area contributed by atoms with Gasteiger partial charge in [0.05, 0.1) is 0 Å². The van der Waals surface area contributed by atoms with Gasteiger partial charge >= 0.3 is 6.03 Å². The molecular formula is C20H22N4O. The van der Waals surface area contributed by atoms with E-state index in [1.807, 2.05) is 80.7 Å². The lowest BCUT2D eigenvalue weighted by molar-refractivity contribution is 0.206. The molecule has 1 heterocycles. The van der Waals surface area contributed by atoms with Crippen molar-refractivity contribution in [3.8, 4) is 0 Å². The van der Waals surface area contributed by atoms with Crippen LogP contribution in [-0.2, 0) is 20.1 Å². The Bertz CT molecular complexity index is 766. The smallest absolute Gasteiger partial charge is 0.316 e. The first-order valence-electron chi connectivity index (χ1n) is 8.26. The zero-order chi connectivity index (χ0) is 17.6. The fourth-order valence-corrected chi connectivity index (χ4v) is 2.62. The van der Waals surface area contributed by atoms with Crippen LogP contribution in [0.2, 0.25) is 0 Å². The van der Waals surface area contributed by atoms with E-state index >= 15 is 0 Å². The summed E-state index contributed by atoms with van der Waals surface area (Å²) in [6.45, 7) is 3.02. The average molecular weight is 334 g/mol. The standard InChI is InChI=1S/C20H22N4O/c1-16-13-19(22-23(16)2)21-20(25)24(14-17-9-5-3-6-10-17)15-18-11-7-4-8-12-18/h3-13H,14-15H2,1-2H3,(H,21,22,25). The summed E-state index contributed by atoms with van der Waals surface area (Å²) in [6, 6.07) is 21.7. The van der Waals surface area contributed by atoms with Gasteiger partial charge in [0.1, 0.15) is 0 Å². The number of aryl methyl sites for hydroxylation is 2. The maximum Gasteiger partial charge on any atom is 0.323 e. The normalized spacial score (nSPS) is 10.5.